The largest absolute Gasteiger partial charge is 0.458 e. The fourth-order valence-electron chi connectivity index (χ4n) is 1.24. The SMILES string of the molecule is CC(C)([O])c1ccc(C(F)(F)C(F)(F)F)cc1. The Morgan fingerprint density at radius 2 is 1.18 bits per heavy atom. The highest BCUT2D eigenvalue weighted by atomic mass is 19.4. The summed E-state index contributed by atoms with van der Waals surface area (Å²) >= 11 is 0. The van der Waals surface area contributed by atoms with Crippen molar-refractivity contribution in [3.05, 3.63) is 35.4 Å². The van der Waals surface area contributed by atoms with E-state index in [4.69, 9.17) is 0 Å². The van der Waals surface area contributed by atoms with E-state index < -0.39 is 23.3 Å². The fraction of sp³-hybridized carbons (Fsp3) is 0.455. The summed E-state index contributed by atoms with van der Waals surface area (Å²) in [7, 11) is 0. The van der Waals surface area contributed by atoms with E-state index in [9.17, 15) is 27.1 Å². The lowest BCUT2D eigenvalue weighted by Crippen LogP contribution is -2.33. The molecule has 0 fully saturated rings. The van der Waals surface area contributed by atoms with Crippen molar-refractivity contribution in [2.45, 2.75) is 31.5 Å². The molecule has 0 saturated carbocycles. The van der Waals surface area contributed by atoms with Crippen LogP contribution in [0.4, 0.5) is 22.0 Å². The summed E-state index contributed by atoms with van der Waals surface area (Å²) in [5.41, 5.74) is -2.55. The number of hydrogen-bond donors (Lipinski definition) is 0. The number of rotatable bonds is 2. The summed E-state index contributed by atoms with van der Waals surface area (Å²) in [6, 6.07) is 3.23. The summed E-state index contributed by atoms with van der Waals surface area (Å²) in [4.78, 5) is 0. The molecular formula is C11H10F5O. The molecule has 1 radical (unpaired) electrons. The number of halogens is 5. The van der Waals surface area contributed by atoms with Crippen LogP contribution in [0.25, 0.3) is 0 Å². The van der Waals surface area contributed by atoms with Gasteiger partial charge in [0, 0.05) is 5.56 Å². The van der Waals surface area contributed by atoms with Crippen molar-refractivity contribution >= 4 is 0 Å². The van der Waals surface area contributed by atoms with Gasteiger partial charge in [-0.2, -0.15) is 22.0 Å². The van der Waals surface area contributed by atoms with Gasteiger partial charge in [-0.15, -0.1) is 0 Å². The van der Waals surface area contributed by atoms with Crippen LogP contribution in [-0.4, -0.2) is 6.18 Å². The lowest BCUT2D eigenvalue weighted by molar-refractivity contribution is -0.289. The van der Waals surface area contributed by atoms with Gasteiger partial charge in [0.15, 0.2) is 0 Å². The lowest BCUT2D eigenvalue weighted by atomic mass is 9.96. The van der Waals surface area contributed by atoms with Gasteiger partial charge in [0.1, 0.15) is 5.60 Å². The summed E-state index contributed by atoms with van der Waals surface area (Å²) in [6.45, 7) is 2.59. The molecule has 1 nitrogen and oxygen atoms in total. The first-order chi connectivity index (χ1) is 7.46. The second-order valence-corrected chi connectivity index (χ2v) is 4.16. The highest BCUT2D eigenvalue weighted by Gasteiger charge is 2.58. The van der Waals surface area contributed by atoms with Crippen molar-refractivity contribution in [2.75, 3.05) is 0 Å². The van der Waals surface area contributed by atoms with E-state index in [1.165, 1.54) is 13.8 Å². The molecule has 0 N–H and O–H groups in total. The topological polar surface area (TPSA) is 19.9 Å². The molecule has 0 heterocycles. The zero-order chi connectivity index (χ0) is 13.5. The van der Waals surface area contributed by atoms with Crippen LogP contribution < -0.4 is 0 Å². The molecule has 0 aliphatic carbocycles. The molecule has 17 heavy (non-hydrogen) atoms. The normalized spacial score (nSPS) is 13.9. The van der Waals surface area contributed by atoms with Crippen LogP contribution in [0.15, 0.2) is 24.3 Å². The molecule has 0 spiro atoms. The molecule has 0 aliphatic rings. The Morgan fingerprint density at radius 1 is 0.824 bits per heavy atom. The molecule has 0 aliphatic heterocycles. The number of hydrogen-bond acceptors (Lipinski definition) is 0. The molecule has 0 aromatic heterocycles. The molecule has 0 unspecified atom stereocenters. The fourth-order valence-corrected chi connectivity index (χ4v) is 1.24. The highest BCUT2D eigenvalue weighted by molar-refractivity contribution is 5.29. The molecule has 1 aromatic carbocycles. The van der Waals surface area contributed by atoms with Gasteiger partial charge in [0.25, 0.3) is 0 Å². The maximum absolute atomic E-state index is 12.9. The van der Waals surface area contributed by atoms with Crippen molar-refractivity contribution in [3.63, 3.8) is 0 Å². The smallest absolute Gasteiger partial charge is 0.225 e. The Hall–Kier alpha value is -1.17. The number of alkyl halides is 5. The Morgan fingerprint density at radius 3 is 1.47 bits per heavy atom. The third kappa shape index (κ3) is 2.74. The molecule has 0 amide bonds. The second kappa shape index (κ2) is 3.94. The van der Waals surface area contributed by atoms with Gasteiger partial charge >= 0.3 is 12.1 Å². The zero-order valence-electron chi connectivity index (χ0n) is 9.11. The maximum atomic E-state index is 12.9. The van der Waals surface area contributed by atoms with E-state index in [1.807, 2.05) is 0 Å². The van der Waals surface area contributed by atoms with Crippen molar-refractivity contribution in [2.24, 2.45) is 0 Å². The van der Waals surface area contributed by atoms with Crippen LogP contribution >= 0.6 is 0 Å². The van der Waals surface area contributed by atoms with Crippen LogP contribution in [0.1, 0.15) is 25.0 Å². The summed E-state index contributed by atoms with van der Waals surface area (Å²) in [5.74, 6) is -4.90. The third-order valence-corrected chi connectivity index (χ3v) is 2.30. The van der Waals surface area contributed by atoms with Crippen LogP contribution in [0.3, 0.4) is 0 Å². The molecular weight excluding hydrogens is 243 g/mol. The Bertz CT molecular complexity index is 386. The van der Waals surface area contributed by atoms with Crippen molar-refractivity contribution < 1.29 is 27.1 Å². The quantitative estimate of drug-likeness (QED) is 0.710. The Balaban J connectivity index is 3.12. The van der Waals surface area contributed by atoms with Gasteiger partial charge in [0.05, 0.1) is 0 Å². The number of benzene rings is 1. The minimum atomic E-state index is -5.64. The lowest BCUT2D eigenvalue weighted by Gasteiger charge is -2.21. The standard InChI is InChI=1S/C11H10F5O/c1-9(2,17)7-3-5-8(6-4-7)10(12,13)11(14,15)16/h3-6H,1-2H3. The Kier molecular flexibility index (Phi) is 3.22. The second-order valence-electron chi connectivity index (χ2n) is 4.16. The van der Waals surface area contributed by atoms with E-state index in [2.05, 4.69) is 0 Å². The molecule has 0 bridgehead atoms. The van der Waals surface area contributed by atoms with Crippen LogP contribution in [0.2, 0.25) is 0 Å². The van der Waals surface area contributed by atoms with E-state index in [-0.39, 0.29) is 5.56 Å². The van der Waals surface area contributed by atoms with Gasteiger partial charge in [-0.05, 0) is 19.4 Å². The monoisotopic (exact) mass is 253 g/mol. The average Bonchev–Trinajstić information content (AvgIpc) is 2.15. The van der Waals surface area contributed by atoms with E-state index in [1.54, 1.807) is 0 Å². The molecule has 0 atom stereocenters. The van der Waals surface area contributed by atoms with E-state index in [0.717, 1.165) is 12.1 Å². The predicted octanol–water partition coefficient (Wildman–Crippen LogP) is 4.01. The summed E-state index contributed by atoms with van der Waals surface area (Å²) in [5, 5.41) is 11.5. The molecule has 1 rings (SSSR count). The van der Waals surface area contributed by atoms with Crippen molar-refractivity contribution in [1.82, 2.24) is 0 Å². The first-order valence-electron chi connectivity index (χ1n) is 4.72. The van der Waals surface area contributed by atoms with Gasteiger partial charge < -0.3 is 0 Å². The Labute approximate surface area is 94.9 Å². The van der Waals surface area contributed by atoms with Crippen molar-refractivity contribution in [3.8, 4) is 0 Å². The minimum absolute atomic E-state index is 0.152. The first-order valence-corrected chi connectivity index (χ1v) is 4.72. The third-order valence-electron chi connectivity index (χ3n) is 2.30. The van der Waals surface area contributed by atoms with Crippen LogP contribution in [0, 0.1) is 0 Å². The zero-order valence-corrected chi connectivity index (χ0v) is 9.11. The van der Waals surface area contributed by atoms with E-state index in [0.29, 0.717) is 12.1 Å². The first kappa shape index (κ1) is 13.9. The van der Waals surface area contributed by atoms with E-state index >= 15 is 0 Å². The maximum Gasteiger partial charge on any atom is 0.458 e. The molecule has 0 saturated heterocycles. The van der Waals surface area contributed by atoms with Crippen LogP contribution in [0.5, 0.6) is 0 Å². The molecule has 1 aromatic rings. The van der Waals surface area contributed by atoms with Gasteiger partial charge in [-0.1, -0.05) is 24.3 Å². The van der Waals surface area contributed by atoms with Gasteiger partial charge in [-0.3, -0.25) is 0 Å². The summed E-state index contributed by atoms with van der Waals surface area (Å²) < 4.78 is 61.9. The molecule has 95 valence electrons. The van der Waals surface area contributed by atoms with Gasteiger partial charge in [0.2, 0.25) is 0 Å². The molecule has 6 heteroatoms. The van der Waals surface area contributed by atoms with Crippen molar-refractivity contribution in [1.29, 1.82) is 0 Å². The van der Waals surface area contributed by atoms with Gasteiger partial charge in [-0.25, -0.2) is 5.11 Å². The van der Waals surface area contributed by atoms with Crippen LogP contribution in [-0.2, 0) is 16.6 Å². The predicted molar refractivity (Wildman–Crippen MR) is 50.1 cm³/mol. The minimum Gasteiger partial charge on any atom is -0.225 e. The average molecular weight is 253 g/mol. The summed E-state index contributed by atoms with van der Waals surface area (Å²) in [6.07, 6.45) is -5.64. The highest BCUT2D eigenvalue weighted by Crippen LogP contribution is 2.43.